The first-order valence-corrected chi connectivity index (χ1v) is 5.66. The topological polar surface area (TPSA) is 21.3 Å². The van der Waals surface area contributed by atoms with Crippen LogP contribution in [0.1, 0.15) is 17.5 Å². The normalized spacial score (nSPS) is 20.5. The minimum atomic E-state index is 0.686. The van der Waals surface area contributed by atoms with E-state index in [1.165, 1.54) is 17.5 Å². The highest BCUT2D eigenvalue weighted by atomic mass is 16.5. The first kappa shape index (κ1) is 10.5. The van der Waals surface area contributed by atoms with Gasteiger partial charge >= 0.3 is 0 Å². The Kier molecular flexibility index (Phi) is 3.27. The van der Waals surface area contributed by atoms with Gasteiger partial charge in [-0.15, -0.1) is 0 Å². The van der Waals surface area contributed by atoms with Gasteiger partial charge in [-0.1, -0.05) is 6.07 Å². The molecule has 0 saturated carbocycles. The summed E-state index contributed by atoms with van der Waals surface area (Å²) in [6.45, 7) is 7.30. The van der Waals surface area contributed by atoms with Gasteiger partial charge in [-0.2, -0.15) is 0 Å². The lowest BCUT2D eigenvalue weighted by molar-refractivity contribution is 0.260. The zero-order valence-corrected chi connectivity index (χ0v) is 9.55. The van der Waals surface area contributed by atoms with Gasteiger partial charge in [0.05, 0.1) is 6.61 Å². The number of benzene rings is 1. The van der Waals surface area contributed by atoms with Gasteiger partial charge in [0.1, 0.15) is 5.75 Å². The molecule has 0 amide bonds. The number of nitrogens with one attached hydrogen (secondary N) is 1. The lowest BCUT2D eigenvalue weighted by atomic mass is 10.1. The molecule has 1 N–H and O–H groups in total. The van der Waals surface area contributed by atoms with E-state index in [-0.39, 0.29) is 0 Å². The second-order valence-corrected chi connectivity index (χ2v) is 4.49. The van der Waals surface area contributed by atoms with E-state index >= 15 is 0 Å². The summed E-state index contributed by atoms with van der Waals surface area (Å²) in [4.78, 5) is 0. The van der Waals surface area contributed by atoms with Crippen LogP contribution in [0.3, 0.4) is 0 Å². The van der Waals surface area contributed by atoms with E-state index in [0.717, 1.165) is 25.4 Å². The number of ether oxygens (including phenoxy) is 1. The molecule has 2 nitrogen and oxygen atoms in total. The van der Waals surface area contributed by atoms with Gasteiger partial charge in [-0.3, -0.25) is 0 Å². The molecule has 1 fully saturated rings. The quantitative estimate of drug-likeness (QED) is 0.817. The minimum Gasteiger partial charge on any atom is -0.493 e. The van der Waals surface area contributed by atoms with Crippen molar-refractivity contribution in [2.75, 3.05) is 19.7 Å². The maximum absolute atomic E-state index is 5.81. The third-order valence-electron chi connectivity index (χ3n) is 2.84. The van der Waals surface area contributed by atoms with E-state index in [4.69, 9.17) is 4.74 Å². The summed E-state index contributed by atoms with van der Waals surface area (Å²) >= 11 is 0. The monoisotopic (exact) mass is 205 g/mol. The molecule has 1 aromatic carbocycles. The van der Waals surface area contributed by atoms with E-state index in [1.54, 1.807) is 0 Å². The Hall–Kier alpha value is -1.02. The summed E-state index contributed by atoms with van der Waals surface area (Å²) in [5.74, 6) is 1.70. The Balaban J connectivity index is 1.92. The molecule has 1 heterocycles. The Bertz CT molecular complexity index is 309. The predicted octanol–water partition coefficient (Wildman–Crippen LogP) is 2.29. The maximum Gasteiger partial charge on any atom is 0.119 e. The van der Waals surface area contributed by atoms with Crippen molar-refractivity contribution in [1.82, 2.24) is 5.32 Å². The van der Waals surface area contributed by atoms with E-state index < -0.39 is 0 Å². The highest BCUT2D eigenvalue weighted by Gasteiger charge is 2.14. The van der Waals surface area contributed by atoms with E-state index in [1.807, 2.05) is 0 Å². The van der Waals surface area contributed by atoms with Gasteiger partial charge in [0.15, 0.2) is 0 Å². The summed E-state index contributed by atoms with van der Waals surface area (Å²) < 4.78 is 5.81. The van der Waals surface area contributed by atoms with Crippen molar-refractivity contribution in [3.63, 3.8) is 0 Å². The Labute approximate surface area is 91.6 Å². The van der Waals surface area contributed by atoms with Crippen molar-refractivity contribution in [1.29, 1.82) is 0 Å². The Morgan fingerprint density at radius 3 is 2.60 bits per heavy atom. The highest BCUT2D eigenvalue weighted by Crippen LogP contribution is 2.18. The van der Waals surface area contributed by atoms with Crippen molar-refractivity contribution in [2.24, 2.45) is 5.92 Å². The standard InChI is InChI=1S/C13H19NO/c1-10-5-11(2)7-13(6-10)15-9-12-3-4-14-8-12/h5-7,12,14H,3-4,8-9H2,1-2H3/t12-/m0/s1. The summed E-state index contributed by atoms with van der Waals surface area (Å²) in [6, 6.07) is 6.38. The molecule has 1 aromatic rings. The smallest absolute Gasteiger partial charge is 0.119 e. The molecule has 1 aliphatic heterocycles. The van der Waals surface area contributed by atoms with Crippen molar-refractivity contribution in [3.05, 3.63) is 29.3 Å². The fourth-order valence-corrected chi connectivity index (χ4v) is 2.09. The molecule has 2 rings (SSSR count). The minimum absolute atomic E-state index is 0.686. The third-order valence-corrected chi connectivity index (χ3v) is 2.84. The summed E-state index contributed by atoms with van der Waals surface area (Å²) in [6.07, 6.45) is 1.24. The number of aryl methyl sites for hydroxylation is 2. The molecule has 0 spiro atoms. The fourth-order valence-electron chi connectivity index (χ4n) is 2.09. The van der Waals surface area contributed by atoms with Crippen molar-refractivity contribution in [3.8, 4) is 5.75 Å². The van der Waals surface area contributed by atoms with Gasteiger partial charge in [0.2, 0.25) is 0 Å². The second kappa shape index (κ2) is 4.67. The van der Waals surface area contributed by atoms with Crippen LogP contribution >= 0.6 is 0 Å². The maximum atomic E-state index is 5.81. The summed E-state index contributed by atoms with van der Waals surface area (Å²) in [5, 5.41) is 3.35. The van der Waals surface area contributed by atoms with Gasteiger partial charge in [0, 0.05) is 12.5 Å². The predicted molar refractivity (Wildman–Crippen MR) is 62.4 cm³/mol. The molecule has 0 bridgehead atoms. The van der Waals surface area contributed by atoms with Crippen molar-refractivity contribution < 1.29 is 4.74 Å². The molecule has 1 aliphatic rings. The van der Waals surface area contributed by atoms with Crippen LogP contribution in [-0.2, 0) is 0 Å². The number of hydrogen-bond acceptors (Lipinski definition) is 2. The first-order chi connectivity index (χ1) is 7.24. The summed E-state index contributed by atoms with van der Waals surface area (Å²) in [5.41, 5.74) is 2.55. The van der Waals surface area contributed by atoms with Gasteiger partial charge in [-0.25, -0.2) is 0 Å². The summed E-state index contributed by atoms with van der Waals surface area (Å²) in [7, 11) is 0. The molecule has 1 atom stereocenters. The Morgan fingerprint density at radius 2 is 2.00 bits per heavy atom. The molecule has 0 unspecified atom stereocenters. The van der Waals surface area contributed by atoms with Crippen LogP contribution in [0.25, 0.3) is 0 Å². The zero-order valence-electron chi connectivity index (χ0n) is 9.55. The van der Waals surface area contributed by atoms with E-state index in [0.29, 0.717) is 5.92 Å². The van der Waals surface area contributed by atoms with Crippen LogP contribution in [0, 0.1) is 19.8 Å². The molecule has 2 heteroatoms. The average molecular weight is 205 g/mol. The highest BCUT2D eigenvalue weighted by molar-refractivity contribution is 5.32. The van der Waals surface area contributed by atoms with Crippen LogP contribution in [0.15, 0.2) is 18.2 Å². The SMILES string of the molecule is Cc1cc(C)cc(OC[C@H]2CCNC2)c1. The van der Waals surface area contributed by atoms with Gasteiger partial charge in [0.25, 0.3) is 0 Å². The molecule has 82 valence electrons. The lowest BCUT2D eigenvalue weighted by Gasteiger charge is -2.11. The number of rotatable bonds is 3. The fraction of sp³-hybridized carbons (Fsp3) is 0.538. The zero-order chi connectivity index (χ0) is 10.7. The largest absolute Gasteiger partial charge is 0.493 e. The van der Waals surface area contributed by atoms with Crippen LogP contribution in [0.4, 0.5) is 0 Å². The second-order valence-electron chi connectivity index (χ2n) is 4.49. The number of hydrogen-bond donors (Lipinski definition) is 1. The third kappa shape index (κ3) is 2.96. The van der Waals surface area contributed by atoms with Crippen molar-refractivity contribution in [2.45, 2.75) is 20.3 Å². The Morgan fingerprint density at radius 1 is 1.27 bits per heavy atom. The molecule has 0 aromatic heterocycles. The van der Waals surface area contributed by atoms with Gasteiger partial charge < -0.3 is 10.1 Å². The lowest BCUT2D eigenvalue weighted by Crippen LogP contribution is -2.15. The van der Waals surface area contributed by atoms with Crippen molar-refractivity contribution >= 4 is 0 Å². The van der Waals surface area contributed by atoms with Crippen LogP contribution in [0.2, 0.25) is 0 Å². The molecule has 0 radical (unpaired) electrons. The molecular formula is C13H19NO. The van der Waals surface area contributed by atoms with Crippen LogP contribution in [0.5, 0.6) is 5.75 Å². The van der Waals surface area contributed by atoms with Gasteiger partial charge in [-0.05, 0) is 50.1 Å². The van der Waals surface area contributed by atoms with E-state index in [2.05, 4.69) is 37.4 Å². The average Bonchev–Trinajstić information content (AvgIpc) is 2.65. The van der Waals surface area contributed by atoms with Crippen LogP contribution < -0.4 is 10.1 Å². The molecular weight excluding hydrogens is 186 g/mol. The van der Waals surface area contributed by atoms with Crippen LogP contribution in [-0.4, -0.2) is 19.7 Å². The first-order valence-electron chi connectivity index (χ1n) is 5.66. The molecule has 1 saturated heterocycles. The molecule has 0 aliphatic carbocycles. The van der Waals surface area contributed by atoms with E-state index in [9.17, 15) is 0 Å². The molecule has 15 heavy (non-hydrogen) atoms.